The van der Waals surface area contributed by atoms with Crippen LogP contribution in [0.15, 0.2) is 47.4 Å². The molecule has 0 bridgehead atoms. The van der Waals surface area contributed by atoms with E-state index in [1.54, 1.807) is 6.07 Å². The van der Waals surface area contributed by atoms with E-state index in [4.69, 9.17) is 0 Å². The van der Waals surface area contributed by atoms with Gasteiger partial charge in [-0.15, -0.1) is 5.10 Å². The summed E-state index contributed by atoms with van der Waals surface area (Å²) in [6, 6.07) is 10.9. The number of nitrogens with zero attached hydrogens (tertiary/aromatic N) is 3. The highest BCUT2D eigenvalue weighted by molar-refractivity contribution is 9.10. The molecule has 3 rings (SSSR count). The number of carboxylic acids is 1. The Hall–Kier alpha value is -2.47. The molecular formula is C15H10BrN3O2. The van der Waals surface area contributed by atoms with Crippen molar-refractivity contribution in [1.82, 2.24) is 14.6 Å². The highest BCUT2D eigenvalue weighted by Crippen LogP contribution is 2.25. The monoisotopic (exact) mass is 343 g/mol. The van der Waals surface area contributed by atoms with Crippen molar-refractivity contribution in [3.63, 3.8) is 0 Å². The van der Waals surface area contributed by atoms with Crippen molar-refractivity contribution in [1.29, 1.82) is 0 Å². The zero-order valence-corrected chi connectivity index (χ0v) is 12.4. The number of carbonyl (C=O) groups is 1. The van der Waals surface area contributed by atoms with E-state index in [1.165, 1.54) is 16.7 Å². The topological polar surface area (TPSA) is 67.5 Å². The van der Waals surface area contributed by atoms with Crippen LogP contribution in [0.4, 0.5) is 0 Å². The number of halogens is 1. The second-order valence-corrected chi connectivity index (χ2v) is 5.27. The van der Waals surface area contributed by atoms with Crippen molar-refractivity contribution >= 4 is 33.6 Å². The van der Waals surface area contributed by atoms with Crippen LogP contribution < -0.4 is 0 Å². The number of pyridine rings is 1. The maximum atomic E-state index is 11.3. The van der Waals surface area contributed by atoms with E-state index in [2.05, 4.69) is 32.6 Å². The standard InChI is InChI=1S/C15H10BrN3O2/c1-2-13-17-14-11(15(20)21)6-7-12(19(14)18-13)9-4-3-5-10(16)8-9/h2-8H,1H2,(H,20,21). The second-order valence-electron chi connectivity index (χ2n) is 4.36. The van der Waals surface area contributed by atoms with Gasteiger partial charge in [0.25, 0.3) is 0 Å². The van der Waals surface area contributed by atoms with Gasteiger partial charge in [-0.25, -0.2) is 14.3 Å². The number of aromatic nitrogens is 3. The van der Waals surface area contributed by atoms with Crippen LogP contribution in [-0.4, -0.2) is 25.7 Å². The lowest BCUT2D eigenvalue weighted by molar-refractivity contribution is 0.0698. The van der Waals surface area contributed by atoms with Gasteiger partial charge in [0.05, 0.1) is 5.69 Å². The minimum Gasteiger partial charge on any atom is -0.478 e. The van der Waals surface area contributed by atoms with Gasteiger partial charge in [0.15, 0.2) is 11.5 Å². The molecule has 6 heteroatoms. The van der Waals surface area contributed by atoms with Crippen molar-refractivity contribution in [2.45, 2.75) is 0 Å². The number of hydrogen-bond donors (Lipinski definition) is 1. The first-order chi connectivity index (χ1) is 10.1. The molecule has 2 heterocycles. The Morgan fingerprint density at radius 1 is 1.33 bits per heavy atom. The van der Waals surface area contributed by atoms with Crippen molar-refractivity contribution in [3.8, 4) is 11.3 Å². The van der Waals surface area contributed by atoms with Crippen LogP contribution in [-0.2, 0) is 0 Å². The second kappa shape index (κ2) is 5.14. The Morgan fingerprint density at radius 3 is 2.81 bits per heavy atom. The Morgan fingerprint density at radius 2 is 2.14 bits per heavy atom. The molecule has 0 amide bonds. The molecule has 0 radical (unpaired) electrons. The van der Waals surface area contributed by atoms with Crippen LogP contribution >= 0.6 is 15.9 Å². The van der Waals surface area contributed by atoms with Gasteiger partial charge >= 0.3 is 5.97 Å². The minimum atomic E-state index is -1.04. The summed E-state index contributed by atoms with van der Waals surface area (Å²) in [6.07, 6.45) is 1.49. The predicted octanol–water partition coefficient (Wildman–Crippen LogP) is 3.50. The van der Waals surface area contributed by atoms with Crippen molar-refractivity contribution in [3.05, 3.63) is 58.8 Å². The third kappa shape index (κ3) is 2.34. The number of hydrogen-bond acceptors (Lipinski definition) is 3. The lowest BCUT2D eigenvalue weighted by Crippen LogP contribution is -2.03. The summed E-state index contributed by atoms with van der Waals surface area (Å²) in [6.45, 7) is 3.62. The quantitative estimate of drug-likeness (QED) is 0.790. The van der Waals surface area contributed by atoms with Gasteiger partial charge in [-0.2, -0.15) is 0 Å². The molecule has 0 fully saturated rings. The molecule has 1 N–H and O–H groups in total. The van der Waals surface area contributed by atoms with Crippen molar-refractivity contribution in [2.75, 3.05) is 0 Å². The summed E-state index contributed by atoms with van der Waals surface area (Å²) < 4.78 is 2.46. The Kier molecular flexibility index (Phi) is 3.31. The fraction of sp³-hybridized carbons (Fsp3) is 0. The van der Waals surface area contributed by atoms with Gasteiger partial charge in [-0.05, 0) is 30.3 Å². The SMILES string of the molecule is C=Cc1nc2c(C(=O)O)ccc(-c3cccc(Br)c3)n2n1. The number of rotatable bonds is 3. The Balaban J connectivity index is 2.34. The molecule has 3 aromatic rings. The van der Waals surface area contributed by atoms with E-state index >= 15 is 0 Å². The number of fused-ring (bicyclic) bond motifs is 1. The summed E-state index contributed by atoms with van der Waals surface area (Å²) in [7, 11) is 0. The van der Waals surface area contributed by atoms with E-state index in [0.717, 1.165) is 15.7 Å². The summed E-state index contributed by atoms with van der Waals surface area (Å²) in [5, 5.41) is 13.5. The van der Waals surface area contributed by atoms with Gasteiger partial charge in [0.2, 0.25) is 0 Å². The average Bonchev–Trinajstić information content (AvgIpc) is 2.89. The average molecular weight is 344 g/mol. The van der Waals surface area contributed by atoms with Crippen LogP contribution in [0.2, 0.25) is 0 Å². The smallest absolute Gasteiger partial charge is 0.339 e. The van der Waals surface area contributed by atoms with Gasteiger partial charge in [0.1, 0.15) is 5.56 Å². The first-order valence-corrected chi connectivity index (χ1v) is 6.91. The van der Waals surface area contributed by atoms with E-state index in [1.807, 2.05) is 24.3 Å². The molecule has 0 saturated heterocycles. The number of aromatic carboxylic acids is 1. The van der Waals surface area contributed by atoms with Crippen LogP contribution in [0, 0.1) is 0 Å². The molecule has 104 valence electrons. The van der Waals surface area contributed by atoms with Gasteiger partial charge in [-0.1, -0.05) is 34.6 Å². The van der Waals surface area contributed by atoms with Crippen LogP contribution in [0.25, 0.3) is 23.0 Å². The highest BCUT2D eigenvalue weighted by atomic mass is 79.9. The molecule has 0 atom stereocenters. The third-order valence-electron chi connectivity index (χ3n) is 3.03. The van der Waals surface area contributed by atoms with E-state index in [9.17, 15) is 9.90 Å². The molecule has 0 aliphatic heterocycles. The maximum Gasteiger partial charge on any atom is 0.339 e. The van der Waals surface area contributed by atoms with Crippen LogP contribution in [0.3, 0.4) is 0 Å². The van der Waals surface area contributed by atoms with E-state index in [-0.39, 0.29) is 5.56 Å². The highest BCUT2D eigenvalue weighted by Gasteiger charge is 2.16. The molecule has 0 aliphatic rings. The largest absolute Gasteiger partial charge is 0.478 e. The molecule has 0 saturated carbocycles. The first kappa shape index (κ1) is 13.5. The normalized spacial score (nSPS) is 10.7. The van der Waals surface area contributed by atoms with Gasteiger partial charge < -0.3 is 5.11 Å². The molecule has 2 aromatic heterocycles. The molecular weight excluding hydrogens is 334 g/mol. The zero-order valence-electron chi connectivity index (χ0n) is 10.8. The molecule has 1 aromatic carbocycles. The number of benzene rings is 1. The maximum absolute atomic E-state index is 11.3. The van der Waals surface area contributed by atoms with Crippen LogP contribution in [0.5, 0.6) is 0 Å². The zero-order chi connectivity index (χ0) is 15.0. The summed E-state index contributed by atoms with van der Waals surface area (Å²) in [5.41, 5.74) is 2.08. The lowest BCUT2D eigenvalue weighted by Gasteiger charge is -2.06. The van der Waals surface area contributed by atoms with Gasteiger partial charge in [0, 0.05) is 10.0 Å². The Bertz CT molecular complexity index is 870. The minimum absolute atomic E-state index is 0.106. The number of carboxylic acid groups (broad SMARTS) is 1. The first-order valence-electron chi connectivity index (χ1n) is 6.11. The summed E-state index contributed by atoms with van der Waals surface area (Å²) >= 11 is 3.42. The molecule has 21 heavy (non-hydrogen) atoms. The lowest BCUT2D eigenvalue weighted by atomic mass is 10.1. The summed E-state index contributed by atoms with van der Waals surface area (Å²) in [4.78, 5) is 15.5. The fourth-order valence-electron chi connectivity index (χ4n) is 2.10. The molecule has 0 spiro atoms. The summed E-state index contributed by atoms with van der Waals surface area (Å²) in [5.74, 6) is -0.649. The van der Waals surface area contributed by atoms with Crippen molar-refractivity contribution in [2.24, 2.45) is 0 Å². The van der Waals surface area contributed by atoms with Crippen LogP contribution in [0.1, 0.15) is 16.2 Å². The molecule has 5 nitrogen and oxygen atoms in total. The van der Waals surface area contributed by atoms with E-state index in [0.29, 0.717) is 11.5 Å². The molecule has 0 aliphatic carbocycles. The molecule has 0 unspecified atom stereocenters. The fourth-order valence-corrected chi connectivity index (χ4v) is 2.50. The van der Waals surface area contributed by atoms with Crippen molar-refractivity contribution < 1.29 is 9.90 Å². The predicted molar refractivity (Wildman–Crippen MR) is 83.2 cm³/mol. The van der Waals surface area contributed by atoms with Gasteiger partial charge in [-0.3, -0.25) is 0 Å². The van der Waals surface area contributed by atoms with E-state index < -0.39 is 5.97 Å². The third-order valence-corrected chi connectivity index (χ3v) is 3.53. The Labute approximate surface area is 128 Å².